The lowest BCUT2D eigenvalue weighted by molar-refractivity contribution is -0.128. The number of halogens is 1. The van der Waals surface area contributed by atoms with Crippen molar-refractivity contribution in [2.45, 2.75) is 31.2 Å². The number of carbonyl (C=O) groups is 3. The number of carbonyl (C=O) groups excluding carboxylic acids is 3. The van der Waals surface area contributed by atoms with Crippen molar-refractivity contribution in [2.75, 3.05) is 19.7 Å². The first kappa shape index (κ1) is 24.0. The summed E-state index contributed by atoms with van der Waals surface area (Å²) < 4.78 is 11.5. The van der Waals surface area contributed by atoms with E-state index >= 15 is 0 Å². The smallest absolute Gasteiger partial charge is 0.292 e. The molecule has 1 aromatic carbocycles. The average molecular weight is 509 g/mol. The molecule has 4 heterocycles. The van der Waals surface area contributed by atoms with E-state index in [4.69, 9.17) is 20.8 Å². The summed E-state index contributed by atoms with van der Waals surface area (Å²) in [4.78, 5) is 47.0. The first-order chi connectivity index (χ1) is 17.5. The average Bonchev–Trinajstić information content (AvgIpc) is 3.57. The van der Waals surface area contributed by atoms with Crippen LogP contribution in [0.4, 0.5) is 0 Å². The number of likely N-dealkylation sites (tertiary alicyclic amines) is 1. The number of benzene rings is 1. The van der Waals surface area contributed by atoms with Gasteiger partial charge in [-0.05, 0) is 42.0 Å². The Hall–Kier alpha value is -3.69. The van der Waals surface area contributed by atoms with Crippen molar-refractivity contribution in [2.24, 2.45) is 0 Å². The van der Waals surface area contributed by atoms with E-state index in [0.29, 0.717) is 43.1 Å². The number of nitrogens with one attached hydrogen (secondary N) is 1. The Morgan fingerprint density at radius 1 is 1.03 bits per heavy atom. The molecule has 9 nitrogen and oxygen atoms in total. The van der Waals surface area contributed by atoms with Crippen LogP contribution < -0.4 is 5.32 Å². The topological polar surface area (TPSA) is 105 Å². The molecule has 2 saturated heterocycles. The van der Waals surface area contributed by atoms with Crippen molar-refractivity contribution in [1.29, 1.82) is 0 Å². The molecule has 5 rings (SSSR count). The largest absolute Gasteiger partial charge is 0.459 e. The predicted molar refractivity (Wildman–Crippen MR) is 130 cm³/mol. The molecule has 2 aliphatic heterocycles. The number of nitrogens with zero attached hydrogens (tertiary/aromatic N) is 3. The minimum absolute atomic E-state index is 0.0487. The maximum absolute atomic E-state index is 13.5. The van der Waals surface area contributed by atoms with E-state index in [2.05, 4.69) is 10.3 Å². The molecule has 3 aromatic rings. The normalized spacial score (nSPS) is 18.9. The van der Waals surface area contributed by atoms with Crippen LogP contribution in [0.1, 0.15) is 39.3 Å². The fourth-order valence-corrected chi connectivity index (χ4v) is 4.97. The minimum atomic E-state index is -1.03. The van der Waals surface area contributed by atoms with Crippen LogP contribution in [0.5, 0.6) is 0 Å². The highest BCUT2D eigenvalue weighted by atomic mass is 35.5. The molecule has 2 fully saturated rings. The summed E-state index contributed by atoms with van der Waals surface area (Å²) in [6, 6.07) is 12.9. The molecule has 0 bridgehead atoms. The number of rotatable bonds is 5. The van der Waals surface area contributed by atoms with Crippen molar-refractivity contribution >= 4 is 29.3 Å². The van der Waals surface area contributed by atoms with E-state index in [-0.39, 0.29) is 24.2 Å². The molecule has 36 heavy (non-hydrogen) atoms. The van der Waals surface area contributed by atoms with Gasteiger partial charge in [-0.15, -0.1) is 0 Å². The molecule has 186 valence electrons. The summed E-state index contributed by atoms with van der Waals surface area (Å²) in [6.07, 6.45) is 5.42. The second kappa shape index (κ2) is 10.1. The van der Waals surface area contributed by atoms with Gasteiger partial charge in [0.05, 0.1) is 23.5 Å². The van der Waals surface area contributed by atoms with Crippen LogP contribution in [0.25, 0.3) is 0 Å². The predicted octanol–water partition coefficient (Wildman–Crippen LogP) is 3.12. The fraction of sp³-hybridized carbons (Fsp3) is 0.308. The van der Waals surface area contributed by atoms with Crippen LogP contribution >= 0.6 is 11.6 Å². The minimum Gasteiger partial charge on any atom is -0.459 e. The number of hydrogen-bond donors (Lipinski definition) is 1. The van der Waals surface area contributed by atoms with Gasteiger partial charge in [0.1, 0.15) is 11.8 Å². The number of pyridine rings is 1. The maximum atomic E-state index is 13.5. The molecular weight excluding hydrogens is 484 g/mol. The molecule has 2 aromatic heterocycles. The molecule has 0 radical (unpaired) electrons. The standard InChI is InChI=1S/C26H25ClN4O5/c27-20-5-2-1-4-19(20)24(33)30-13-9-26(10-14-30)31(25(34)22-6-3-15-35-22)21(17-36-26)23(32)29-16-18-7-11-28-12-8-18/h1-8,11-12,15,21H,9-10,13-14,16-17H2,(H,29,32). The van der Waals surface area contributed by atoms with Crippen LogP contribution in [0.15, 0.2) is 71.6 Å². The van der Waals surface area contributed by atoms with E-state index in [1.54, 1.807) is 53.7 Å². The molecule has 2 aliphatic rings. The molecule has 1 spiro atoms. The van der Waals surface area contributed by atoms with E-state index in [0.717, 1.165) is 5.56 Å². The lowest BCUT2D eigenvalue weighted by atomic mass is 9.96. The molecule has 0 aliphatic carbocycles. The van der Waals surface area contributed by atoms with Crippen molar-refractivity contribution in [3.8, 4) is 0 Å². The van der Waals surface area contributed by atoms with Gasteiger partial charge in [0.25, 0.3) is 11.8 Å². The zero-order valence-corrected chi connectivity index (χ0v) is 20.2. The maximum Gasteiger partial charge on any atom is 0.292 e. The van der Waals surface area contributed by atoms with Gasteiger partial charge in [0, 0.05) is 44.9 Å². The quantitative estimate of drug-likeness (QED) is 0.568. The SMILES string of the molecule is O=C(NCc1ccncc1)C1COC2(CCN(C(=O)c3ccccc3Cl)CC2)N1C(=O)c1ccco1. The van der Waals surface area contributed by atoms with Crippen molar-refractivity contribution in [3.63, 3.8) is 0 Å². The van der Waals surface area contributed by atoms with Crippen LogP contribution in [-0.4, -0.2) is 64.0 Å². The Bertz CT molecular complexity index is 1240. The molecule has 10 heteroatoms. The number of aromatic nitrogens is 1. The fourth-order valence-electron chi connectivity index (χ4n) is 4.76. The summed E-state index contributed by atoms with van der Waals surface area (Å²) in [6.45, 7) is 1.04. The van der Waals surface area contributed by atoms with E-state index < -0.39 is 17.7 Å². The summed E-state index contributed by atoms with van der Waals surface area (Å²) in [5.74, 6) is -0.795. The zero-order chi connectivity index (χ0) is 25.1. The van der Waals surface area contributed by atoms with E-state index in [9.17, 15) is 14.4 Å². The van der Waals surface area contributed by atoms with E-state index in [1.807, 2.05) is 12.1 Å². The zero-order valence-electron chi connectivity index (χ0n) is 19.4. The summed E-state index contributed by atoms with van der Waals surface area (Å²) in [5, 5.41) is 3.29. The van der Waals surface area contributed by atoms with Crippen molar-refractivity contribution < 1.29 is 23.5 Å². The lowest BCUT2D eigenvalue weighted by Crippen LogP contribution is -2.59. The van der Waals surface area contributed by atoms with Gasteiger partial charge in [-0.25, -0.2) is 0 Å². The lowest BCUT2D eigenvalue weighted by Gasteiger charge is -2.44. The van der Waals surface area contributed by atoms with Crippen molar-refractivity contribution in [3.05, 3.63) is 89.1 Å². The molecule has 3 amide bonds. The number of furan rings is 1. The highest BCUT2D eigenvalue weighted by molar-refractivity contribution is 6.33. The molecular formula is C26H25ClN4O5. The molecule has 1 unspecified atom stereocenters. The first-order valence-electron chi connectivity index (χ1n) is 11.7. The number of piperidine rings is 1. The second-order valence-electron chi connectivity index (χ2n) is 8.77. The van der Waals surface area contributed by atoms with Gasteiger partial charge in [0.2, 0.25) is 5.91 Å². The van der Waals surface area contributed by atoms with Gasteiger partial charge in [-0.2, -0.15) is 0 Å². The van der Waals surface area contributed by atoms with Crippen LogP contribution in [0.3, 0.4) is 0 Å². The number of amides is 3. The van der Waals surface area contributed by atoms with Gasteiger partial charge in [0.15, 0.2) is 5.76 Å². The summed E-state index contributed by atoms with van der Waals surface area (Å²) in [5.41, 5.74) is 0.293. The highest BCUT2D eigenvalue weighted by Crippen LogP contribution is 2.39. The Kier molecular flexibility index (Phi) is 6.75. The Labute approximate surface area is 213 Å². The third kappa shape index (κ3) is 4.59. The van der Waals surface area contributed by atoms with Crippen LogP contribution in [0.2, 0.25) is 5.02 Å². The van der Waals surface area contributed by atoms with Gasteiger partial charge < -0.3 is 19.4 Å². The van der Waals surface area contributed by atoms with Gasteiger partial charge in [-0.1, -0.05) is 23.7 Å². The second-order valence-corrected chi connectivity index (χ2v) is 9.18. The molecule has 1 N–H and O–H groups in total. The third-order valence-electron chi connectivity index (χ3n) is 6.67. The molecule has 0 saturated carbocycles. The van der Waals surface area contributed by atoms with Gasteiger partial charge >= 0.3 is 0 Å². The Morgan fingerprint density at radius 2 is 1.78 bits per heavy atom. The monoisotopic (exact) mass is 508 g/mol. The summed E-state index contributed by atoms with van der Waals surface area (Å²) >= 11 is 6.23. The first-order valence-corrected chi connectivity index (χ1v) is 12.1. The third-order valence-corrected chi connectivity index (χ3v) is 7.00. The van der Waals surface area contributed by atoms with Crippen LogP contribution in [0, 0.1) is 0 Å². The van der Waals surface area contributed by atoms with Gasteiger partial charge in [-0.3, -0.25) is 24.3 Å². The van der Waals surface area contributed by atoms with Crippen LogP contribution in [-0.2, 0) is 16.1 Å². The highest BCUT2D eigenvalue weighted by Gasteiger charge is 2.54. The Morgan fingerprint density at radius 3 is 2.47 bits per heavy atom. The molecule has 1 atom stereocenters. The van der Waals surface area contributed by atoms with Crippen molar-refractivity contribution in [1.82, 2.24) is 20.1 Å². The van der Waals surface area contributed by atoms with E-state index in [1.165, 1.54) is 11.2 Å². The number of hydrogen-bond acceptors (Lipinski definition) is 6. The number of ether oxygens (including phenoxy) is 1. The summed E-state index contributed by atoms with van der Waals surface area (Å²) in [7, 11) is 0. The Balaban J connectivity index is 1.34.